The van der Waals surface area contributed by atoms with E-state index in [2.05, 4.69) is 26.9 Å². The number of hydrogen-bond acceptors (Lipinski definition) is 3. The molecule has 2 aliphatic rings. The van der Waals surface area contributed by atoms with E-state index >= 15 is 0 Å². The summed E-state index contributed by atoms with van der Waals surface area (Å²) in [6.07, 6.45) is 4.94. The molecule has 2 fully saturated rings. The first-order chi connectivity index (χ1) is 11.8. The lowest BCUT2D eigenvalue weighted by Crippen LogP contribution is -2.56. The zero-order valence-corrected chi connectivity index (χ0v) is 13.9. The van der Waals surface area contributed by atoms with Gasteiger partial charge in [0.05, 0.1) is 5.41 Å². The molecule has 0 unspecified atom stereocenters. The topological polar surface area (TPSA) is 36.4 Å². The number of anilines is 1. The van der Waals surface area contributed by atoms with Crippen LogP contribution < -0.4 is 4.90 Å². The Morgan fingerprint density at radius 2 is 1.62 bits per heavy atom. The molecule has 24 heavy (non-hydrogen) atoms. The Labute approximate surface area is 143 Å². The van der Waals surface area contributed by atoms with Gasteiger partial charge in [-0.15, -0.1) is 0 Å². The van der Waals surface area contributed by atoms with E-state index in [1.54, 1.807) is 0 Å². The highest BCUT2D eigenvalue weighted by Gasteiger charge is 2.47. The minimum atomic E-state index is -0.269. The van der Waals surface area contributed by atoms with Crippen LogP contribution in [0.1, 0.15) is 24.8 Å². The lowest BCUT2D eigenvalue weighted by Gasteiger charge is -2.46. The second kappa shape index (κ2) is 6.27. The van der Waals surface area contributed by atoms with Crippen molar-refractivity contribution in [1.29, 1.82) is 0 Å². The number of piperazine rings is 1. The number of aromatic nitrogens is 1. The van der Waals surface area contributed by atoms with Crippen molar-refractivity contribution in [2.24, 2.45) is 0 Å². The molecular formula is C20H23N3O. The molecule has 4 rings (SSSR count). The van der Waals surface area contributed by atoms with Crippen LogP contribution >= 0.6 is 0 Å². The smallest absolute Gasteiger partial charge is 0.233 e. The van der Waals surface area contributed by atoms with Crippen molar-refractivity contribution in [3.63, 3.8) is 0 Å². The first kappa shape index (κ1) is 15.2. The van der Waals surface area contributed by atoms with Crippen LogP contribution in [0.2, 0.25) is 0 Å². The van der Waals surface area contributed by atoms with E-state index in [1.807, 2.05) is 42.6 Å². The second-order valence-electron chi connectivity index (χ2n) is 6.77. The summed E-state index contributed by atoms with van der Waals surface area (Å²) in [6.45, 7) is 3.27. The fourth-order valence-electron chi connectivity index (χ4n) is 3.90. The Kier molecular flexibility index (Phi) is 3.97. The Balaban J connectivity index is 1.46. The average molecular weight is 321 g/mol. The molecule has 1 saturated heterocycles. The number of carbonyl (C=O) groups excluding carboxylic acids is 1. The molecule has 2 heterocycles. The summed E-state index contributed by atoms with van der Waals surface area (Å²) < 4.78 is 0. The number of nitrogens with zero attached hydrogens (tertiary/aromatic N) is 3. The summed E-state index contributed by atoms with van der Waals surface area (Å²) in [6, 6.07) is 16.3. The number of hydrogen-bond donors (Lipinski definition) is 0. The van der Waals surface area contributed by atoms with Crippen molar-refractivity contribution in [3.05, 3.63) is 60.3 Å². The molecule has 0 radical (unpaired) electrons. The van der Waals surface area contributed by atoms with Gasteiger partial charge in [-0.1, -0.05) is 42.8 Å². The van der Waals surface area contributed by atoms with E-state index in [9.17, 15) is 4.79 Å². The number of benzene rings is 1. The molecule has 124 valence electrons. The van der Waals surface area contributed by atoms with Gasteiger partial charge in [0.2, 0.25) is 5.91 Å². The molecule has 1 aromatic heterocycles. The summed E-state index contributed by atoms with van der Waals surface area (Å²) in [5.74, 6) is 1.33. The molecule has 4 heteroatoms. The molecule has 1 aromatic carbocycles. The zero-order chi connectivity index (χ0) is 16.4. The van der Waals surface area contributed by atoms with Crippen molar-refractivity contribution < 1.29 is 4.79 Å². The molecular weight excluding hydrogens is 298 g/mol. The third-order valence-electron chi connectivity index (χ3n) is 5.48. The molecule has 1 saturated carbocycles. The van der Waals surface area contributed by atoms with Crippen molar-refractivity contribution >= 4 is 11.7 Å². The number of rotatable bonds is 3. The normalized spacial score (nSPS) is 19.7. The van der Waals surface area contributed by atoms with Gasteiger partial charge in [-0.25, -0.2) is 4.98 Å². The van der Waals surface area contributed by atoms with Crippen LogP contribution in [0.4, 0.5) is 5.82 Å². The summed E-state index contributed by atoms with van der Waals surface area (Å²) in [4.78, 5) is 22.0. The van der Waals surface area contributed by atoms with Crippen LogP contribution in [-0.4, -0.2) is 42.0 Å². The summed E-state index contributed by atoms with van der Waals surface area (Å²) in [5, 5.41) is 0. The van der Waals surface area contributed by atoms with Crippen LogP contribution in [0, 0.1) is 0 Å². The first-order valence-corrected chi connectivity index (χ1v) is 8.80. The molecule has 0 spiro atoms. The van der Waals surface area contributed by atoms with Gasteiger partial charge in [0.25, 0.3) is 0 Å². The van der Waals surface area contributed by atoms with Crippen LogP contribution in [0.3, 0.4) is 0 Å². The Morgan fingerprint density at radius 1 is 0.917 bits per heavy atom. The highest BCUT2D eigenvalue weighted by atomic mass is 16.2. The van der Waals surface area contributed by atoms with Crippen LogP contribution in [-0.2, 0) is 10.2 Å². The molecule has 0 atom stereocenters. The maximum absolute atomic E-state index is 13.2. The maximum atomic E-state index is 13.2. The van der Waals surface area contributed by atoms with Gasteiger partial charge in [0.1, 0.15) is 5.82 Å². The fraction of sp³-hybridized carbons (Fsp3) is 0.400. The Morgan fingerprint density at radius 3 is 2.21 bits per heavy atom. The van der Waals surface area contributed by atoms with E-state index in [1.165, 1.54) is 5.56 Å². The second-order valence-corrected chi connectivity index (χ2v) is 6.77. The van der Waals surface area contributed by atoms with Gasteiger partial charge in [0.15, 0.2) is 0 Å². The van der Waals surface area contributed by atoms with Crippen molar-refractivity contribution in [3.8, 4) is 0 Å². The largest absolute Gasteiger partial charge is 0.353 e. The summed E-state index contributed by atoms with van der Waals surface area (Å²) >= 11 is 0. The van der Waals surface area contributed by atoms with E-state index in [4.69, 9.17) is 0 Å². The molecule has 1 aliphatic heterocycles. The summed E-state index contributed by atoms with van der Waals surface area (Å²) in [5.41, 5.74) is 0.919. The number of pyridine rings is 1. The highest BCUT2D eigenvalue weighted by Crippen LogP contribution is 2.45. The Bertz CT molecular complexity index is 689. The molecule has 1 aliphatic carbocycles. The van der Waals surface area contributed by atoms with Crippen molar-refractivity contribution in [2.75, 3.05) is 31.1 Å². The van der Waals surface area contributed by atoms with Gasteiger partial charge >= 0.3 is 0 Å². The summed E-state index contributed by atoms with van der Waals surface area (Å²) in [7, 11) is 0. The van der Waals surface area contributed by atoms with E-state index in [-0.39, 0.29) is 5.41 Å². The zero-order valence-electron chi connectivity index (χ0n) is 13.9. The minimum absolute atomic E-state index is 0.269. The van der Waals surface area contributed by atoms with Gasteiger partial charge in [-0.2, -0.15) is 0 Å². The SMILES string of the molecule is O=C(N1CCN(c2ccccn2)CC1)C1(c2ccccc2)CCC1. The van der Waals surface area contributed by atoms with Gasteiger partial charge in [-0.3, -0.25) is 4.79 Å². The van der Waals surface area contributed by atoms with Gasteiger partial charge in [-0.05, 0) is 30.5 Å². The van der Waals surface area contributed by atoms with Crippen LogP contribution in [0.15, 0.2) is 54.7 Å². The molecule has 2 aromatic rings. The molecule has 4 nitrogen and oxygen atoms in total. The van der Waals surface area contributed by atoms with Crippen molar-refractivity contribution in [2.45, 2.75) is 24.7 Å². The molecule has 0 bridgehead atoms. The highest BCUT2D eigenvalue weighted by molar-refractivity contribution is 5.89. The number of amides is 1. The predicted octanol–water partition coefficient (Wildman–Crippen LogP) is 2.85. The average Bonchev–Trinajstić information content (AvgIpc) is 2.62. The van der Waals surface area contributed by atoms with E-state index in [0.717, 1.165) is 51.3 Å². The Hall–Kier alpha value is -2.36. The minimum Gasteiger partial charge on any atom is -0.353 e. The number of carbonyl (C=O) groups is 1. The van der Waals surface area contributed by atoms with E-state index in [0.29, 0.717) is 5.91 Å². The quantitative estimate of drug-likeness (QED) is 0.872. The lowest BCUT2D eigenvalue weighted by molar-refractivity contribution is -0.141. The molecule has 0 N–H and O–H groups in total. The lowest BCUT2D eigenvalue weighted by atomic mass is 9.63. The van der Waals surface area contributed by atoms with Gasteiger partial charge in [0, 0.05) is 32.4 Å². The van der Waals surface area contributed by atoms with Crippen LogP contribution in [0.5, 0.6) is 0 Å². The third kappa shape index (κ3) is 2.56. The third-order valence-corrected chi connectivity index (χ3v) is 5.48. The van der Waals surface area contributed by atoms with Gasteiger partial charge < -0.3 is 9.80 Å². The maximum Gasteiger partial charge on any atom is 0.233 e. The predicted molar refractivity (Wildman–Crippen MR) is 95.0 cm³/mol. The molecule has 1 amide bonds. The standard InChI is InChI=1S/C20H23N3O/c24-19(20(10-6-11-20)17-7-2-1-3-8-17)23-15-13-22(14-16-23)18-9-4-5-12-21-18/h1-5,7-9,12H,6,10-11,13-16H2. The van der Waals surface area contributed by atoms with Crippen LogP contribution in [0.25, 0.3) is 0 Å². The van der Waals surface area contributed by atoms with E-state index < -0.39 is 0 Å². The monoisotopic (exact) mass is 321 g/mol. The first-order valence-electron chi connectivity index (χ1n) is 8.80. The fourth-order valence-corrected chi connectivity index (χ4v) is 3.90. The van der Waals surface area contributed by atoms with Crippen molar-refractivity contribution in [1.82, 2.24) is 9.88 Å².